The van der Waals surface area contributed by atoms with Gasteiger partial charge in [0.15, 0.2) is 0 Å². The zero-order valence-corrected chi connectivity index (χ0v) is 9.62. The van der Waals surface area contributed by atoms with Crippen molar-refractivity contribution in [3.8, 4) is 0 Å². The summed E-state index contributed by atoms with van der Waals surface area (Å²) < 4.78 is 0. The fraction of sp³-hybridized carbons (Fsp3) is 0.571. The van der Waals surface area contributed by atoms with Crippen LogP contribution in [0.15, 0.2) is 37.5 Å². The average Bonchev–Trinajstić information content (AvgIpc) is 2.29. The molecule has 0 radical (unpaired) electrons. The zero-order valence-electron chi connectivity index (χ0n) is 9.62. The summed E-state index contributed by atoms with van der Waals surface area (Å²) in [4.78, 5) is 0. The molecule has 0 spiro atoms. The van der Waals surface area contributed by atoms with E-state index < -0.39 is 0 Å². The molecule has 84 valence electrons. The van der Waals surface area contributed by atoms with Crippen molar-refractivity contribution in [2.24, 2.45) is 5.92 Å². The number of rotatable bonds is 6. The second-order valence-electron chi connectivity index (χ2n) is 4.20. The van der Waals surface area contributed by atoms with Crippen molar-refractivity contribution in [2.75, 3.05) is 6.54 Å². The summed E-state index contributed by atoms with van der Waals surface area (Å²) in [5, 5.41) is 3.61. The maximum atomic E-state index is 3.84. The first-order chi connectivity index (χ1) is 7.38. The normalized spacial score (nSPS) is 23.9. The van der Waals surface area contributed by atoms with Crippen molar-refractivity contribution in [3.05, 3.63) is 37.5 Å². The molecule has 2 atom stereocenters. The highest BCUT2D eigenvalue weighted by Gasteiger charge is 2.19. The summed E-state index contributed by atoms with van der Waals surface area (Å²) in [6.07, 6.45) is 14.6. The van der Waals surface area contributed by atoms with Crippen LogP contribution in [0.25, 0.3) is 0 Å². The van der Waals surface area contributed by atoms with E-state index in [1.807, 2.05) is 12.2 Å². The van der Waals surface area contributed by atoms with Gasteiger partial charge in [0.2, 0.25) is 0 Å². The predicted octanol–water partition coefficient (Wildman–Crippen LogP) is 3.45. The van der Waals surface area contributed by atoms with E-state index in [0.717, 1.165) is 12.8 Å². The molecule has 1 N–H and O–H groups in total. The van der Waals surface area contributed by atoms with Crippen molar-refractivity contribution in [1.29, 1.82) is 0 Å². The van der Waals surface area contributed by atoms with Gasteiger partial charge in [-0.2, -0.15) is 0 Å². The first-order valence-electron chi connectivity index (χ1n) is 6.00. The van der Waals surface area contributed by atoms with Gasteiger partial charge in [0.1, 0.15) is 0 Å². The lowest BCUT2D eigenvalue weighted by molar-refractivity contribution is 0.333. The van der Waals surface area contributed by atoms with Crippen LogP contribution in [-0.2, 0) is 0 Å². The monoisotopic (exact) mass is 205 g/mol. The Kier molecular flexibility index (Phi) is 6.10. The summed E-state index contributed by atoms with van der Waals surface area (Å²) in [5.41, 5.74) is 0. The molecule has 0 saturated carbocycles. The highest BCUT2D eigenvalue weighted by atomic mass is 14.9. The molecule has 1 fully saturated rings. The van der Waals surface area contributed by atoms with E-state index in [1.165, 1.54) is 25.8 Å². The molecular weight excluding hydrogens is 182 g/mol. The third kappa shape index (κ3) is 4.48. The van der Waals surface area contributed by atoms with E-state index in [-0.39, 0.29) is 0 Å². The Hall–Kier alpha value is -0.820. The minimum absolute atomic E-state index is 0.614. The third-order valence-corrected chi connectivity index (χ3v) is 2.99. The van der Waals surface area contributed by atoms with Crippen LogP contribution in [0, 0.1) is 5.92 Å². The van der Waals surface area contributed by atoms with Gasteiger partial charge in [-0.1, -0.05) is 30.7 Å². The minimum Gasteiger partial charge on any atom is -0.313 e. The lowest BCUT2D eigenvalue weighted by Gasteiger charge is -2.29. The second-order valence-corrected chi connectivity index (χ2v) is 4.20. The molecule has 0 aromatic heterocycles. The Balaban J connectivity index is 2.46. The van der Waals surface area contributed by atoms with Gasteiger partial charge >= 0.3 is 0 Å². The molecule has 0 amide bonds. The SMILES string of the molecule is C=CCC=CC(CC=C)C1CCCCN1. The minimum atomic E-state index is 0.614. The predicted molar refractivity (Wildman–Crippen MR) is 67.9 cm³/mol. The second kappa shape index (κ2) is 7.47. The summed E-state index contributed by atoms with van der Waals surface area (Å²) in [7, 11) is 0. The maximum Gasteiger partial charge on any atom is 0.0133 e. The Morgan fingerprint density at radius 2 is 2.13 bits per heavy atom. The zero-order chi connectivity index (χ0) is 10.9. The van der Waals surface area contributed by atoms with Crippen LogP contribution in [0.2, 0.25) is 0 Å². The van der Waals surface area contributed by atoms with E-state index in [4.69, 9.17) is 0 Å². The molecule has 1 nitrogen and oxygen atoms in total. The summed E-state index contributed by atoms with van der Waals surface area (Å²) in [5.74, 6) is 0.614. The van der Waals surface area contributed by atoms with Crippen molar-refractivity contribution >= 4 is 0 Å². The van der Waals surface area contributed by atoms with Crippen LogP contribution < -0.4 is 5.32 Å². The van der Waals surface area contributed by atoms with Crippen molar-refractivity contribution in [3.63, 3.8) is 0 Å². The Bertz CT molecular complexity index is 211. The van der Waals surface area contributed by atoms with Crippen LogP contribution >= 0.6 is 0 Å². The van der Waals surface area contributed by atoms with Crippen LogP contribution in [0.4, 0.5) is 0 Å². The number of hydrogen-bond donors (Lipinski definition) is 1. The molecule has 1 rings (SSSR count). The Labute approximate surface area is 94.0 Å². The maximum absolute atomic E-state index is 3.84. The average molecular weight is 205 g/mol. The molecule has 0 aliphatic carbocycles. The number of nitrogens with one attached hydrogen (secondary N) is 1. The van der Waals surface area contributed by atoms with Crippen LogP contribution in [0.1, 0.15) is 32.1 Å². The van der Waals surface area contributed by atoms with E-state index in [2.05, 4.69) is 30.6 Å². The lowest BCUT2D eigenvalue weighted by atomic mass is 9.89. The number of allylic oxidation sites excluding steroid dienone is 3. The number of piperidine rings is 1. The topological polar surface area (TPSA) is 12.0 Å². The Morgan fingerprint density at radius 1 is 1.27 bits per heavy atom. The lowest BCUT2D eigenvalue weighted by Crippen LogP contribution is -2.39. The third-order valence-electron chi connectivity index (χ3n) is 2.99. The quantitative estimate of drug-likeness (QED) is 0.655. The highest BCUT2D eigenvalue weighted by molar-refractivity contribution is 5.00. The van der Waals surface area contributed by atoms with Crippen LogP contribution in [0.3, 0.4) is 0 Å². The van der Waals surface area contributed by atoms with Gasteiger partial charge in [-0.25, -0.2) is 0 Å². The van der Waals surface area contributed by atoms with Gasteiger partial charge in [0.25, 0.3) is 0 Å². The molecule has 1 heteroatoms. The van der Waals surface area contributed by atoms with Crippen molar-refractivity contribution in [1.82, 2.24) is 5.32 Å². The molecule has 0 bridgehead atoms. The van der Waals surface area contributed by atoms with Gasteiger partial charge < -0.3 is 5.32 Å². The fourth-order valence-corrected chi connectivity index (χ4v) is 2.16. The largest absolute Gasteiger partial charge is 0.313 e. The standard InChI is InChI=1S/C14H23N/c1-3-5-6-10-13(9-4-2)14-11-7-8-12-15-14/h3-4,6,10,13-15H,1-2,5,7-9,11-12H2. The number of hydrogen-bond acceptors (Lipinski definition) is 1. The van der Waals surface area contributed by atoms with Gasteiger partial charge in [-0.15, -0.1) is 13.2 Å². The highest BCUT2D eigenvalue weighted by Crippen LogP contribution is 2.20. The molecule has 0 aromatic rings. The summed E-state index contributed by atoms with van der Waals surface area (Å²) >= 11 is 0. The van der Waals surface area contributed by atoms with E-state index in [0.29, 0.717) is 12.0 Å². The molecule has 0 aromatic carbocycles. The molecule has 15 heavy (non-hydrogen) atoms. The molecule has 1 saturated heterocycles. The van der Waals surface area contributed by atoms with Gasteiger partial charge in [0, 0.05) is 6.04 Å². The van der Waals surface area contributed by atoms with E-state index in [1.54, 1.807) is 0 Å². The molecule has 2 unspecified atom stereocenters. The first kappa shape index (κ1) is 12.3. The van der Waals surface area contributed by atoms with Crippen molar-refractivity contribution < 1.29 is 0 Å². The molecular formula is C14H23N. The molecule has 1 heterocycles. The van der Waals surface area contributed by atoms with Gasteiger partial charge in [-0.05, 0) is 38.1 Å². The van der Waals surface area contributed by atoms with Crippen LogP contribution in [0.5, 0.6) is 0 Å². The van der Waals surface area contributed by atoms with Crippen molar-refractivity contribution in [2.45, 2.75) is 38.1 Å². The van der Waals surface area contributed by atoms with Gasteiger partial charge in [-0.3, -0.25) is 0 Å². The fourth-order valence-electron chi connectivity index (χ4n) is 2.16. The van der Waals surface area contributed by atoms with Crippen LogP contribution in [-0.4, -0.2) is 12.6 Å². The molecule has 1 aliphatic heterocycles. The van der Waals surface area contributed by atoms with E-state index in [9.17, 15) is 0 Å². The smallest absolute Gasteiger partial charge is 0.0133 e. The van der Waals surface area contributed by atoms with E-state index >= 15 is 0 Å². The Morgan fingerprint density at radius 3 is 2.73 bits per heavy atom. The summed E-state index contributed by atoms with van der Waals surface area (Å²) in [6.45, 7) is 8.74. The molecule has 1 aliphatic rings. The van der Waals surface area contributed by atoms with Gasteiger partial charge in [0.05, 0.1) is 0 Å². The first-order valence-corrected chi connectivity index (χ1v) is 6.00. The summed E-state index contributed by atoms with van der Waals surface area (Å²) in [6, 6.07) is 0.651.